The van der Waals surface area contributed by atoms with E-state index in [9.17, 15) is 13.2 Å². The zero-order valence-electron chi connectivity index (χ0n) is 10.4. The van der Waals surface area contributed by atoms with Crippen LogP contribution in [-0.2, 0) is 14.8 Å². The average Bonchev–Trinajstić information content (AvgIpc) is 2.26. The molecule has 1 unspecified atom stereocenters. The molecule has 0 fully saturated rings. The second-order valence-electron chi connectivity index (χ2n) is 3.92. The van der Waals surface area contributed by atoms with Crippen LogP contribution in [-0.4, -0.2) is 32.6 Å². The van der Waals surface area contributed by atoms with Gasteiger partial charge in [0.05, 0.1) is 13.5 Å². The number of aliphatic carboxylic acids is 1. The van der Waals surface area contributed by atoms with Gasteiger partial charge in [-0.25, -0.2) is 13.1 Å². The van der Waals surface area contributed by atoms with Gasteiger partial charge < -0.3 is 9.84 Å². The Balaban J connectivity index is 3.06. The van der Waals surface area contributed by atoms with Crippen LogP contribution >= 0.6 is 15.9 Å². The molecule has 0 aliphatic heterocycles. The van der Waals surface area contributed by atoms with Crippen LogP contribution in [0.5, 0.6) is 5.75 Å². The molecule has 0 aliphatic rings. The summed E-state index contributed by atoms with van der Waals surface area (Å²) in [6.45, 7) is 1.48. The summed E-state index contributed by atoms with van der Waals surface area (Å²) in [6, 6.07) is 3.85. The van der Waals surface area contributed by atoms with Gasteiger partial charge in [0.1, 0.15) is 10.6 Å². The predicted molar refractivity (Wildman–Crippen MR) is 72.7 cm³/mol. The Hall–Kier alpha value is -1.12. The Morgan fingerprint density at radius 2 is 2.16 bits per heavy atom. The van der Waals surface area contributed by atoms with Crippen molar-refractivity contribution in [3.63, 3.8) is 0 Å². The fraction of sp³-hybridized carbons (Fsp3) is 0.364. The molecule has 0 radical (unpaired) electrons. The van der Waals surface area contributed by atoms with Gasteiger partial charge in [0, 0.05) is 10.5 Å². The van der Waals surface area contributed by atoms with Crippen LogP contribution in [0.4, 0.5) is 0 Å². The molecular weight excluding hydrogens is 338 g/mol. The maximum Gasteiger partial charge on any atom is 0.304 e. The topological polar surface area (TPSA) is 92.7 Å². The van der Waals surface area contributed by atoms with E-state index in [0.29, 0.717) is 4.47 Å². The summed E-state index contributed by atoms with van der Waals surface area (Å²) in [6.07, 6.45) is -0.296. The zero-order chi connectivity index (χ0) is 14.6. The van der Waals surface area contributed by atoms with Crippen LogP contribution < -0.4 is 9.46 Å². The number of ether oxygens (including phenoxy) is 1. The molecule has 0 aliphatic carbocycles. The highest BCUT2D eigenvalue weighted by atomic mass is 79.9. The number of hydrogen-bond acceptors (Lipinski definition) is 4. The Bertz CT molecular complexity index is 572. The number of benzene rings is 1. The van der Waals surface area contributed by atoms with Crippen molar-refractivity contribution >= 4 is 31.9 Å². The van der Waals surface area contributed by atoms with Crippen LogP contribution in [0.2, 0.25) is 0 Å². The maximum atomic E-state index is 12.2. The van der Waals surface area contributed by atoms with Crippen molar-refractivity contribution in [1.82, 2.24) is 4.72 Å². The lowest BCUT2D eigenvalue weighted by atomic mass is 10.3. The number of halogens is 1. The average molecular weight is 352 g/mol. The molecular formula is C11H14BrNO5S. The van der Waals surface area contributed by atoms with Crippen molar-refractivity contribution in [1.29, 1.82) is 0 Å². The first-order chi connectivity index (χ1) is 8.76. The molecule has 0 heterocycles. The summed E-state index contributed by atoms with van der Waals surface area (Å²) in [7, 11) is -2.47. The van der Waals surface area contributed by atoms with Gasteiger partial charge in [0.15, 0.2) is 0 Å². The monoisotopic (exact) mass is 351 g/mol. The number of carboxylic acids is 1. The number of sulfonamides is 1. The highest BCUT2D eigenvalue weighted by Gasteiger charge is 2.23. The minimum atomic E-state index is -3.84. The summed E-state index contributed by atoms with van der Waals surface area (Å²) in [5.74, 6) is -0.880. The number of rotatable bonds is 6. The minimum absolute atomic E-state index is 0.0402. The smallest absolute Gasteiger partial charge is 0.304 e. The molecule has 1 rings (SSSR count). The van der Waals surface area contributed by atoms with E-state index in [-0.39, 0.29) is 17.1 Å². The highest BCUT2D eigenvalue weighted by Crippen LogP contribution is 2.27. The molecule has 0 amide bonds. The Labute approximate surface area is 120 Å². The Morgan fingerprint density at radius 1 is 1.53 bits per heavy atom. The zero-order valence-corrected chi connectivity index (χ0v) is 12.8. The molecule has 0 saturated carbocycles. The SMILES string of the molecule is COc1ccc(Br)cc1S(=O)(=O)NC(C)CC(=O)O. The summed E-state index contributed by atoms with van der Waals surface area (Å²) < 4.78 is 32.2. The van der Waals surface area contributed by atoms with Gasteiger partial charge in [-0.05, 0) is 25.1 Å². The minimum Gasteiger partial charge on any atom is -0.495 e. The van der Waals surface area contributed by atoms with Crippen molar-refractivity contribution < 1.29 is 23.1 Å². The van der Waals surface area contributed by atoms with E-state index >= 15 is 0 Å². The van der Waals surface area contributed by atoms with Crippen molar-refractivity contribution in [2.24, 2.45) is 0 Å². The van der Waals surface area contributed by atoms with Gasteiger partial charge in [-0.3, -0.25) is 4.79 Å². The summed E-state index contributed by atoms with van der Waals surface area (Å²) in [5.41, 5.74) is 0. The van der Waals surface area contributed by atoms with Gasteiger partial charge in [0.2, 0.25) is 10.0 Å². The van der Waals surface area contributed by atoms with E-state index in [2.05, 4.69) is 20.7 Å². The number of hydrogen-bond donors (Lipinski definition) is 2. The molecule has 1 atom stereocenters. The second-order valence-corrected chi connectivity index (χ2v) is 6.51. The highest BCUT2D eigenvalue weighted by molar-refractivity contribution is 9.10. The Morgan fingerprint density at radius 3 is 2.68 bits per heavy atom. The number of carboxylic acid groups (broad SMARTS) is 1. The van der Waals surface area contributed by atoms with E-state index in [4.69, 9.17) is 9.84 Å². The first-order valence-electron chi connectivity index (χ1n) is 5.34. The fourth-order valence-electron chi connectivity index (χ4n) is 1.49. The van der Waals surface area contributed by atoms with E-state index in [1.165, 1.54) is 26.2 Å². The molecule has 2 N–H and O–H groups in total. The first kappa shape index (κ1) is 15.9. The Kier molecular flexibility index (Phi) is 5.33. The van der Waals surface area contributed by atoms with Gasteiger partial charge in [-0.1, -0.05) is 15.9 Å². The lowest BCUT2D eigenvalue weighted by Crippen LogP contribution is -2.34. The molecule has 0 aromatic heterocycles. The van der Waals surface area contributed by atoms with Crippen molar-refractivity contribution in [2.75, 3.05) is 7.11 Å². The van der Waals surface area contributed by atoms with E-state index in [1.807, 2.05) is 0 Å². The fourth-order valence-corrected chi connectivity index (χ4v) is 3.44. The largest absolute Gasteiger partial charge is 0.495 e. The molecule has 8 heteroatoms. The quantitative estimate of drug-likeness (QED) is 0.811. The first-order valence-corrected chi connectivity index (χ1v) is 7.61. The predicted octanol–water partition coefficient (Wildman–Crippen LogP) is 1.60. The number of carbonyl (C=O) groups is 1. The lowest BCUT2D eigenvalue weighted by molar-refractivity contribution is -0.137. The van der Waals surface area contributed by atoms with Crippen LogP contribution in [0.1, 0.15) is 13.3 Å². The lowest BCUT2D eigenvalue weighted by Gasteiger charge is -2.14. The molecule has 0 saturated heterocycles. The summed E-state index contributed by atoms with van der Waals surface area (Å²) in [5, 5.41) is 8.63. The third-order valence-electron chi connectivity index (χ3n) is 2.25. The van der Waals surface area contributed by atoms with Gasteiger partial charge >= 0.3 is 5.97 Å². The van der Waals surface area contributed by atoms with Gasteiger partial charge in [-0.15, -0.1) is 0 Å². The van der Waals surface area contributed by atoms with Crippen LogP contribution in [0.25, 0.3) is 0 Å². The van der Waals surface area contributed by atoms with E-state index in [0.717, 1.165) is 0 Å². The molecule has 1 aromatic carbocycles. The van der Waals surface area contributed by atoms with Gasteiger partial charge in [0.25, 0.3) is 0 Å². The van der Waals surface area contributed by atoms with Crippen LogP contribution in [0, 0.1) is 0 Å². The van der Waals surface area contributed by atoms with E-state index in [1.54, 1.807) is 6.07 Å². The number of nitrogens with one attached hydrogen (secondary N) is 1. The summed E-state index contributed by atoms with van der Waals surface area (Å²) in [4.78, 5) is 10.5. The molecule has 6 nitrogen and oxygen atoms in total. The standard InChI is InChI=1S/C11H14BrNO5S/c1-7(5-11(14)15)13-19(16,17)10-6-8(12)3-4-9(10)18-2/h3-4,6-7,13H,5H2,1-2H3,(H,14,15). The van der Waals surface area contributed by atoms with E-state index < -0.39 is 22.0 Å². The molecule has 106 valence electrons. The van der Waals surface area contributed by atoms with Crippen molar-refractivity contribution in [2.45, 2.75) is 24.3 Å². The number of methoxy groups -OCH3 is 1. The van der Waals surface area contributed by atoms with Crippen molar-refractivity contribution in [3.8, 4) is 5.75 Å². The third kappa shape index (κ3) is 4.48. The van der Waals surface area contributed by atoms with Crippen LogP contribution in [0.3, 0.4) is 0 Å². The molecule has 19 heavy (non-hydrogen) atoms. The summed E-state index contributed by atoms with van der Waals surface area (Å²) >= 11 is 3.18. The van der Waals surface area contributed by atoms with Crippen molar-refractivity contribution in [3.05, 3.63) is 22.7 Å². The molecule has 0 bridgehead atoms. The third-order valence-corrected chi connectivity index (χ3v) is 4.36. The van der Waals surface area contributed by atoms with Crippen LogP contribution in [0.15, 0.2) is 27.6 Å². The normalized spacial score (nSPS) is 13.0. The second kappa shape index (κ2) is 6.36. The molecule has 1 aromatic rings. The van der Waals surface area contributed by atoms with Gasteiger partial charge in [-0.2, -0.15) is 0 Å². The maximum absolute atomic E-state index is 12.2. The molecule has 0 spiro atoms.